The number of alkyl halides is 1. The van der Waals surface area contributed by atoms with E-state index in [1.807, 2.05) is 4.98 Å². The Kier molecular flexibility index (Phi) is 4.25. The van der Waals surface area contributed by atoms with E-state index in [0.717, 1.165) is 12.3 Å². The maximum Gasteiger partial charge on any atom is 0.332 e. The largest absolute Gasteiger partial charge is 0.390 e. The first kappa shape index (κ1) is 15.8. The van der Waals surface area contributed by atoms with Gasteiger partial charge in [0, 0.05) is 18.7 Å². The topological polar surface area (TPSA) is 145 Å². The molecular formula is C11H15FN2O7. The summed E-state index contributed by atoms with van der Waals surface area (Å²) in [4.78, 5) is 24.5. The van der Waals surface area contributed by atoms with Gasteiger partial charge in [0.2, 0.25) is 0 Å². The average molecular weight is 306 g/mol. The number of hydrogen-bond acceptors (Lipinski definition) is 7. The van der Waals surface area contributed by atoms with Gasteiger partial charge in [-0.15, -0.1) is 0 Å². The SMILES string of the molecule is O=c1ccn([C@]2(O)O[C@H](C(O)CCF)[C@@H](O)[C@@H]2O)c(=O)[nH]1. The quantitative estimate of drug-likeness (QED) is 0.398. The predicted octanol–water partition coefficient (Wildman–Crippen LogP) is -3.02. The van der Waals surface area contributed by atoms with Crippen LogP contribution in [0.3, 0.4) is 0 Å². The number of nitrogens with zero attached hydrogens (tertiary/aromatic N) is 1. The minimum Gasteiger partial charge on any atom is -0.390 e. The summed E-state index contributed by atoms with van der Waals surface area (Å²) < 4.78 is 17.7. The highest BCUT2D eigenvalue weighted by Gasteiger charge is 2.57. The number of nitrogens with one attached hydrogen (secondary N) is 1. The lowest BCUT2D eigenvalue weighted by atomic mass is 10.0. The van der Waals surface area contributed by atoms with E-state index in [2.05, 4.69) is 0 Å². The van der Waals surface area contributed by atoms with E-state index >= 15 is 0 Å². The fourth-order valence-corrected chi connectivity index (χ4v) is 2.19. The van der Waals surface area contributed by atoms with Gasteiger partial charge < -0.3 is 25.2 Å². The van der Waals surface area contributed by atoms with Crippen LogP contribution in [0.5, 0.6) is 0 Å². The normalized spacial score (nSPS) is 34.0. The molecule has 21 heavy (non-hydrogen) atoms. The van der Waals surface area contributed by atoms with Crippen molar-refractivity contribution < 1.29 is 29.6 Å². The summed E-state index contributed by atoms with van der Waals surface area (Å²) in [7, 11) is 0. The van der Waals surface area contributed by atoms with Gasteiger partial charge in [-0.05, 0) is 0 Å². The maximum absolute atomic E-state index is 12.2. The van der Waals surface area contributed by atoms with E-state index in [-0.39, 0.29) is 6.42 Å². The van der Waals surface area contributed by atoms with Gasteiger partial charge in [-0.3, -0.25) is 14.2 Å². The molecule has 1 aromatic heterocycles. The summed E-state index contributed by atoms with van der Waals surface area (Å²) in [6, 6.07) is 0.896. The smallest absolute Gasteiger partial charge is 0.332 e. The number of H-pyrrole nitrogens is 1. The summed E-state index contributed by atoms with van der Waals surface area (Å²) in [5, 5.41) is 39.6. The molecule has 2 heterocycles. The first-order valence-electron chi connectivity index (χ1n) is 6.14. The molecule has 0 aliphatic carbocycles. The van der Waals surface area contributed by atoms with Crippen LogP contribution in [0.15, 0.2) is 21.9 Å². The van der Waals surface area contributed by atoms with Gasteiger partial charge in [-0.2, -0.15) is 0 Å². The summed E-state index contributed by atoms with van der Waals surface area (Å²) in [5.41, 5.74) is -1.82. The molecule has 0 bridgehead atoms. The zero-order chi connectivity index (χ0) is 15.8. The van der Waals surface area contributed by atoms with Crippen molar-refractivity contribution in [3.05, 3.63) is 33.1 Å². The van der Waals surface area contributed by atoms with Crippen LogP contribution >= 0.6 is 0 Å². The van der Waals surface area contributed by atoms with Crippen LogP contribution in [0, 0.1) is 0 Å². The van der Waals surface area contributed by atoms with E-state index in [9.17, 15) is 34.4 Å². The van der Waals surface area contributed by atoms with Crippen LogP contribution < -0.4 is 11.2 Å². The fraction of sp³-hybridized carbons (Fsp3) is 0.636. The third-order valence-corrected chi connectivity index (χ3v) is 3.31. The fourth-order valence-electron chi connectivity index (χ4n) is 2.19. The molecule has 1 aliphatic rings. The Labute approximate surface area is 116 Å². The zero-order valence-corrected chi connectivity index (χ0v) is 10.7. The molecule has 5 atom stereocenters. The van der Waals surface area contributed by atoms with Crippen LogP contribution in [0.1, 0.15) is 6.42 Å². The Bertz CT molecular complexity index is 617. The van der Waals surface area contributed by atoms with Crippen LogP contribution in [0.25, 0.3) is 0 Å². The second-order valence-corrected chi connectivity index (χ2v) is 4.70. The zero-order valence-electron chi connectivity index (χ0n) is 10.7. The highest BCUT2D eigenvalue weighted by atomic mass is 19.1. The predicted molar refractivity (Wildman–Crippen MR) is 65.0 cm³/mol. The van der Waals surface area contributed by atoms with E-state index in [0.29, 0.717) is 4.57 Å². The number of aromatic amines is 1. The molecule has 0 radical (unpaired) electrons. The van der Waals surface area contributed by atoms with E-state index < -0.39 is 48.3 Å². The lowest BCUT2D eigenvalue weighted by Crippen LogP contribution is -2.51. The molecule has 5 N–H and O–H groups in total. The molecule has 1 aromatic rings. The number of halogens is 1. The second kappa shape index (κ2) is 5.66. The number of hydrogen-bond donors (Lipinski definition) is 5. The molecule has 118 valence electrons. The number of rotatable bonds is 4. The van der Waals surface area contributed by atoms with Crippen LogP contribution in [0.4, 0.5) is 4.39 Å². The Morgan fingerprint density at radius 1 is 1.48 bits per heavy atom. The molecule has 0 saturated carbocycles. The van der Waals surface area contributed by atoms with Crippen LogP contribution in [-0.2, 0) is 10.6 Å². The molecule has 10 heteroatoms. The van der Waals surface area contributed by atoms with Gasteiger partial charge >= 0.3 is 5.69 Å². The maximum atomic E-state index is 12.2. The van der Waals surface area contributed by atoms with Gasteiger partial charge in [0.15, 0.2) is 6.10 Å². The summed E-state index contributed by atoms with van der Waals surface area (Å²) in [5.74, 6) is -2.69. The lowest BCUT2D eigenvalue weighted by molar-refractivity contribution is -0.295. The summed E-state index contributed by atoms with van der Waals surface area (Å²) in [6.45, 7) is -0.902. The molecule has 2 rings (SSSR count). The number of ether oxygens (including phenoxy) is 1. The third-order valence-electron chi connectivity index (χ3n) is 3.31. The first-order valence-corrected chi connectivity index (χ1v) is 6.14. The second-order valence-electron chi connectivity index (χ2n) is 4.70. The molecule has 0 aromatic carbocycles. The minimum absolute atomic E-state index is 0.384. The van der Waals surface area contributed by atoms with Gasteiger partial charge in [0.1, 0.15) is 12.2 Å². The number of aliphatic hydroxyl groups is 4. The standard InChI is InChI=1S/C11H15FN2O7/c12-3-1-5(15)8-7(17)9(18)11(20,21-8)14-4-2-6(16)13-10(14)19/h2,4-5,7-9,15,17-18,20H,1,3H2,(H,13,16,19)/t5?,7-,8-,9+,11-/m1/s1. The molecule has 0 amide bonds. The van der Waals surface area contributed by atoms with Crippen molar-refractivity contribution >= 4 is 0 Å². The lowest BCUT2D eigenvalue weighted by Gasteiger charge is -2.27. The number of aromatic nitrogens is 2. The third kappa shape index (κ3) is 2.63. The van der Waals surface area contributed by atoms with Crippen molar-refractivity contribution in [3.63, 3.8) is 0 Å². The molecule has 1 fully saturated rings. The van der Waals surface area contributed by atoms with Crippen molar-refractivity contribution in [3.8, 4) is 0 Å². The molecule has 9 nitrogen and oxygen atoms in total. The van der Waals surface area contributed by atoms with Crippen molar-refractivity contribution in [2.75, 3.05) is 6.67 Å². The summed E-state index contributed by atoms with van der Waals surface area (Å²) >= 11 is 0. The molecule has 0 spiro atoms. The van der Waals surface area contributed by atoms with Gasteiger partial charge in [0.25, 0.3) is 11.5 Å². The van der Waals surface area contributed by atoms with E-state index in [1.165, 1.54) is 0 Å². The minimum atomic E-state index is -2.69. The first-order chi connectivity index (χ1) is 9.81. The Morgan fingerprint density at radius 2 is 2.14 bits per heavy atom. The molecule has 1 saturated heterocycles. The van der Waals surface area contributed by atoms with Crippen molar-refractivity contribution in [1.29, 1.82) is 0 Å². The monoisotopic (exact) mass is 306 g/mol. The Balaban J connectivity index is 2.38. The van der Waals surface area contributed by atoms with Gasteiger partial charge in [0.05, 0.1) is 12.8 Å². The van der Waals surface area contributed by atoms with Gasteiger partial charge in [-0.1, -0.05) is 0 Å². The molecular weight excluding hydrogens is 291 g/mol. The summed E-state index contributed by atoms with van der Waals surface area (Å²) in [6.07, 6.45) is -6.26. The van der Waals surface area contributed by atoms with E-state index in [1.54, 1.807) is 0 Å². The Morgan fingerprint density at radius 3 is 2.71 bits per heavy atom. The average Bonchev–Trinajstić information content (AvgIpc) is 2.64. The highest BCUT2D eigenvalue weighted by Crippen LogP contribution is 2.34. The molecule has 1 unspecified atom stereocenters. The van der Waals surface area contributed by atoms with Crippen molar-refractivity contribution in [2.45, 2.75) is 36.7 Å². The Hall–Kier alpha value is -1.59. The van der Waals surface area contributed by atoms with E-state index in [4.69, 9.17) is 4.74 Å². The van der Waals surface area contributed by atoms with Crippen LogP contribution in [-0.4, -0.2) is 61.1 Å². The van der Waals surface area contributed by atoms with Crippen LogP contribution in [0.2, 0.25) is 0 Å². The highest BCUT2D eigenvalue weighted by molar-refractivity contribution is 4.98. The number of aliphatic hydroxyl groups excluding tert-OH is 3. The van der Waals surface area contributed by atoms with Crippen molar-refractivity contribution in [1.82, 2.24) is 9.55 Å². The van der Waals surface area contributed by atoms with Crippen molar-refractivity contribution in [2.24, 2.45) is 0 Å². The molecule has 1 aliphatic heterocycles. The van der Waals surface area contributed by atoms with Gasteiger partial charge in [-0.25, -0.2) is 9.36 Å².